The number of fused-ring (bicyclic) bond motifs is 1. The Morgan fingerprint density at radius 2 is 1.95 bits per heavy atom. The van der Waals surface area contributed by atoms with E-state index in [0.717, 1.165) is 43.6 Å². The van der Waals surface area contributed by atoms with E-state index in [-0.39, 0.29) is 11.9 Å². The highest BCUT2D eigenvalue weighted by Crippen LogP contribution is 2.32. The molecule has 118 valence electrons. The van der Waals surface area contributed by atoms with E-state index in [0.29, 0.717) is 5.92 Å². The molecule has 1 fully saturated rings. The average Bonchev–Trinajstić information content (AvgIpc) is 2.92. The van der Waals surface area contributed by atoms with Crippen molar-refractivity contribution in [3.05, 3.63) is 29.2 Å². The Balaban J connectivity index is 1.71. The normalized spacial score (nSPS) is 22.0. The Bertz CT molecular complexity index is 685. The summed E-state index contributed by atoms with van der Waals surface area (Å²) < 4.78 is 6.98. The summed E-state index contributed by atoms with van der Waals surface area (Å²) in [5.74, 6) is 1.64. The number of methoxy groups -OCH3 is 1. The summed E-state index contributed by atoms with van der Waals surface area (Å²) >= 11 is 0. The predicted octanol–water partition coefficient (Wildman–Crippen LogP) is 2.87. The molecule has 5 heteroatoms. The third-order valence-corrected chi connectivity index (χ3v) is 4.97. The van der Waals surface area contributed by atoms with Gasteiger partial charge in [-0.1, -0.05) is 6.07 Å². The van der Waals surface area contributed by atoms with Crippen molar-refractivity contribution >= 4 is 11.6 Å². The van der Waals surface area contributed by atoms with Crippen LogP contribution in [0.3, 0.4) is 0 Å². The van der Waals surface area contributed by atoms with E-state index in [1.54, 1.807) is 0 Å². The number of carbonyl (C=O) groups excluding carboxylic acids is 1. The number of carbonyl (C=O) groups is 1. The van der Waals surface area contributed by atoms with Gasteiger partial charge in [-0.05, 0) is 63.5 Å². The third kappa shape index (κ3) is 2.72. The smallest absolute Gasteiger partial charge is 0.308 e. The summed E-state index contributed by atoms with van der Waals surface area (Å²) in [6.07, 6.45) is 5.15. The first kappa shape index (κ1) is 15.0. The van der Waals surface area contributed by atoms with E-state index >= 15 is 0 Å². The zero-order valence-corrected chi connectivity index (χ0v) is 13.5. The molecule has 1 saturated carbocycles. The van der Waals surface area contributed by atoms with Crippen molar-refractivity contribution in [3.63, 3.8) is 0 Å². The first-order chi connectivity index (χ1) is 10.6. The molecule has 0 unspecified atom stereocenters. The van der Waals surface area contributed by atoms with Crippen LogP contribution in [0.4, 0.5) is 0 Å². The minimum Gasteiger partial charge on any atom is -0.469 e. The molecule has 1 aliphatic rings. The number of hydrogen-bond donors (Lipinski definition) is 0. The fraction of sp³-hybridized carbons (Fsp3) is 0.588. The lowest BCUT2D eigenvalue weighted by atomic mass is 9.79. The van der Waals surface area contributed by atoms with E-state index in [2.05, 4.69) is 27.6 Å². The van der Waals surface area contributed by atoms with Gasteiger partial charge < -0.3 is 4.74 Å². The van der Waals surface area contributed by atoms with E-state index in [9.17, 15) is 4.79 Å². The Kier molecular flexibility index (Phi) is 4.14. The highest BCUT2D eigenvalue weighted by molar-refractivity contribution is 5.72. The minimum atomic E-state index is -0.0452. The van der Waals surface area contributed by atoms with E-state index in [4.69, 9.17) is 4.74 Å². The van der Waals surface area contributed by atoms with Crippen LogP contribution in [0, 0.1) is 25.7 Å². The molecule has 0 aromatic carbocycles. The fourth-order valence-corrected chi connectivity index (χ4v) is 3.64. The van der Waals surface area contributed by atoms with Gasteiger partial charge in [0.05, 0.1) is 13.0 Å². The number of rotatable bonds is 3. The molecule has 0 amide bonds. The van der Waals surface area contributed by atoms with Gasteiger partial charge in [0, 0.05) is 5.69 Å². The summed E-state index contributed by atoms with van der Waals surface area (Å²) in [7, 11) is 1.48. The summed E-state index contributed by atoms with van der Waals surface area (Å²) in [6.45, 7) is 4.12. The Labute approximate surface area is 130 Å². The second-order valence-corrected chi connectivity index (χ2v) is 6.33. The molecule has 0 bridgehead atoms. The molecule has 0 atom stereocenters. The first-order valence-corrected chi connectivity index (χ1v) is 7.98. The molecule has 5 nitrogen and oxygen atoms in total. The van der Waals surface area contributed by atoms with E-state index < -0.39 is 0 Å². The fourth-order valence-electron chi connectivity index (χ4n) is 3.64. The quantitative estimate of drug-likeness (QED) is 0.818. The standard InChI is InChI=1S/C17H23N3O2/c1-11-15(8-9-16-19-18-12(2)20(11)16)10-13-4-6-14(7-5-13)17(21)22-3/h8-9,13-14H,4-7,10H2,1-3H3. The molecular formula is C17H23N3O2. The Morgan fingerprint density at radius 3 is 2.64 bits per heavy atom. The number of esters is 1. The molecule has 22 heavy (non-hydrogen) atoms. The van der Waals surface area contributed by atoms with Crippen LogP contribution >= 0.6 is 0 Å². The number of pyridine rings is 1. The first-order valence-electron chi connectivity index (χ1n) is 7.98. The van der Waals surface area contributed by atoms with Gasteiger partial charge in [-0.25, -0.2) is 0 Å². The molecule has 0 aliphatic heterocycles. The van der Waals surface area contributed by atoms with Crippen LogP contribution in [0.2, 0.25) is 0 Å². The maximum absolute atomic E-state index is 11.6. The number of hydrogen-bond acceptors (Lipinski definition) is 4. The van der Waals surface area contributed by atoms with Crippen molar-refractivity contribution in [2.45, 2.75) is 46.0 Å². The van der Waals surface area contributed by atoms with Gasteiger partial charge >= 0.3 is 5.97 Å². The van der Waals surface area contributed by atoms with Crippen LogP contribution < -0.4 is 0 Å². The van der Waals surface area contributed by atoms with Gasteiger partial charge in [-0.2, -0.15) is 0 Å². The third-order valence-electron chi connectivity index (χ3n) is 4.97. The SMILES string of the molecule is COC(=O)C1CCC(Cc2ccc3nnc(C)n3c2C)CC1. The molecule has 2 heterocycles. The number of aromatic nitrogens is 3. The molecular weight excluding hydrogens is 278 g/mol. The number of aryl methyl sites for hydroxylation is 2. The van der Waals surface area contributed by atoms with Gasteiger partial charge in [0.15, 0.2) is 5.65 Å². The van der Waals surface area contributed by atoms with Crippen LogP contribution in [0.1, 0.15) is 42.8 Å². The maximum Gasteiger partial charge on any atom is 0.308 e. The van der Waals surface area contributed by atoms with Crippen molar-refractivity contribution in [1.29, 1.82) is 0 Å². The van der Waals surface area contributed by atoms with Gasteiger partial charge in [-0.15, -0.1) is 10.2 Å². The zero-order valence-electron chi connectivity index (χ0n) is 13.5. The second kappa shape index (κ2) is 6.07. The van der Waals surface area contributed by atoms with Crippen LogP contribution in [-0.2, 0) is 16.0 Å². The molecule has 2 aromatic rings. The predicted molar refractivity (Wildman–Crippen MR) is 83.6 cm³/mol. The second-order valence-electron chi connectivity index (χ2n) is 6.33. The molecule has 0 N–H and O–H groups in total. The van der Waals surface area contributed by atoms with E-state index in [1.807, 2.05) is 13.0 Å². The molecule has 0 radical (unpaired) electrons. The average molecular weight is 301 g/mol. The molecule has 0 saturated heterocycles. The number of ether oxygens (including phenoxy) is 1. The van der Waals surface area contributed by atoms with Crippen LogP contribution in [0.25, 0.3) is 5.65 Å². The van der Waals surface area contributed by atoms with Crippen molar-refractivity contribution < 1.29 is 9.53 Å². The lowest BCUT2D eigenvalue weighted by molar-refractivity contribution is -0.146. The molecule has 2 aromatic heterocycles. The molecule has 3 rings (SSSR count). The van der Waals surface area contributed by atoms with Gasteiger partial charge in [0.25, 0.3) is 0 Å². The summed E-state index contributed by atoms with van der Waals surface area (Å²) in [6, 6.07) is 4.22. The summed E-state index contributed by atoms with van der Waals surface area (Å²) in [4.78, 5) is 11.6. The summed E-state index contributed by atoms with van der Waals surface area (Å²) in [5, 5.41) is 8.31. The highest BCUT2D eigenvalue weighted by atomic mass is 16.5. The molecule has 1 aliphatic carbocycles. The Morgan fingerprint density at radius 1 is 1.23 bits per heavy atom. The lowest BCUT2D eigenvalue weighted by Crippen LogP contribution is -2.24. The largest absolute Gasteiger partial charge is 0.469 e. The van der Waals surface area contributed by atoms with Crippen molar-refractivity contribution in [2.75, 3.05) is 7.11 Å². The van der Waals surface area contributed by atoms with E-state index in [1.165, 1.54) is 18.4 Å². The molecule has 0 spiro atoms. The summed E-state index contributed by atoms with van der Waals surface area (Å²) in [5.41, 5.74) is 3.50. The van der Waals surface area contributed by atoms with Gasteiger partial charge in [-0.3, -0.25) is 9.20 Å². The Hall–Kier alpha value is -1.91. The zero-order chi connectivity index (χ0) is 15.7. The lowest BCUT2D eigenvalue weighted by Gasteiger charge is -2.27. The van der Waals surface area contributed by atoms with Gasteiger partial charge in [0.2, 0.25) is 0 Å². The monoisotopic (exact) mass is 301 g/mol. The highest BCUT2D eigenvalue weighted by Gasteiger charge is 2.27. The van der Waals surface area contributed by atoms with Crippen LogP contribution in [0.5, 0.6) is 0 Å². The van der Waals surface area contributed by atoms with Crippen molar-refractivity contribution in [3.8, 4) is 0 Å². The topological polar surface area (TPSA) is 56.5 Å². The van der Waals surface area contributed by atoms with Gasteiger partial charge in [0.1, 0.15) is 5.82 Å². The van der Waals surface area contributed by atoms with Crippen LogP contribution in [0.15, 0.2) is 12.1 Å². The van der Waals surface area contributed by atoms with Crippen LogP contribution in [-0.4, -0.2) is 27.7 Å². The minimum absolute atomic E-state index is 0.0452. The van der Waals surface area contributed by atoms with Crippen molar-refractivity contribution in [2.24, 2.45) is 11.8 Å². The maximum atomic E-state index is 11.6. The van der Waals surface area contributed by atoms with Crippen molar-refractivity contribution in [1.82, 2.24) is 14.6 Å². The number of nitrogens with zero attached hydrogens (tertiary/aromatic N) is 3.